The van der Waals surface area contributed by atoms with Crippen molar-refractivity contribution in [1.82, 2.24) is 10.2 Å². The zero-order valence-electron chi connectivity index (χ0n) is 16.5. The molecule has 0 bridgehead atoms. The van der Waals surface area contributed by atoms with Gasteiger partial charge in [-0.15, -0.1) is 22.7 Å². The molecule has 0 aliphatic carbocycles. The number of nitrogens with zero attached hydrogens (tertiary/aromatic N) is 1. The second-order valence-corrected chi connectivity index (χ2v) is 9.42. The Hall–Kier alpha value is -2.68. The highest BCUT2D eigenvalue weighted by molar-refractivity contribution is 7.12. The molecule has 9 heteroatoms. The maximum absolute atomic E-state index is 12.5. The van der Waals surface area contributed by atoms with Gasteiger partial charge in [0.15, 0.2) is 0 Å². The van der Waals surface area contributed by atoms with Crippen molar-refractivity contribution in [3.8, 4) is 0 Å². The Bertz CT molecular complexity index is 1110. The van der Waals surface area contributed by atoms with Crippen LogP contribution in [0.15, 0.2) is 47.2 Å². The maximum Gasteiger partial charge on any atom is 0.265 e. The van der Waals surface area contributed by atoms with Crippen molar-refractivity contribution in [2.45, 2.75) is 19.4 Å². The average molecular weight is 474 g/mol. The molecule has 3 aromatic rings. The first-order valence-corrected chi connectivity index (χ1v) is 11.9. The van der Waals surface area contributed by atoms with Crippen LogP contribution in [0.3, 0.4) is 0 Å². The number of hydrogen-bond donors (Lipinski definition) is 2. The molecular formula is C22H20ClN3O3S2. The molecule has 0 unspecified atom stereocenters. The largest absolute Gasteiger partial charge is 0.352 e. The highest BCUT2D eigenvalue weighted by Gasteiger charge is 2.21. The van der Waals surface area contributed by atoms with Gasteiger partial charge in [-0.1, -0.05) is 17.7 Å². The number of thiophene rings is 2. The second kappa shape index (κ2) is 9.64. The summed E-state index contributed by atoms with van der Waals surface area (Å²) in [6, 6.07) is 10.3. The average Bonchev–Trinajstić information content (AvgIpc) is 3.46. The Balaban J connectivity index is 1.30. The van der Waals surface area contributed by atoms with Gasteiger partial charge in [0.25, 0.3) is 11.8 Å². The Morgan fingerprint density at radius 1 is 1.06 bits per heavy atom. The first kappa shape index (κ1) is 21.5. The van der Waals surface area contributed by atoms with Crippen molar-refractivity contribution < 1.29 is 14.4 Å². The number of amides is 3. The summed E-state index contributed by atoms with van der Waals surface area (Å²) in [6.45, 7) is 1.59. The number of benzene rings is 1. The van der Waals surface area contributed by atoms with E-state index in [1.54, 1.807) is 35.6 Å². The van der Waals surface area contributed by atoms with Crippen molar-refractivity contribution in [3.05, 3.63) is 73.1 Å². The quantitative estimate of drug-likeness (QED) is 0.556. The molecule has 0 radical (unpaired) electrons. The van der Waals surface area contributed by atoms with Gasteiger partial charge in [0.05, 0.1) is 15.6 Å². The molecule has 160 valence electrons. The van der Waals surface area contributed by atoms with Crippen LogP contribution in [0.25, 0.3) is 0 Å². The van der Waals surface area contributed by atoms with E-state index in [0.29, 0.717) is 34.2 Å². The number of hydrogen-bond acceptors (Lipinski definition) is 5. The van der Waals surface area contributed by atoms with Gasteiger partial charge in [0.1, 0.15) is 0 Å². The summed E-state index contributed by atoms with van der Waals surface area (Å²) in [6.07, 6.45) is 1.12. The monoisotopic (exact) mass is 473 g/mol. The van der Waals surface area contributed by atoms with Crippen molar-refractivity contribution >= 4 is 57.7 Å². The van der Waals surface area contributed by atoms with E-state index in [-0.39, 0.29) is 30.7 Å². The van der Waals surface area contributed by atoms with Crippen molar-refractivity contribution in [2.75, 3.05) is 18.4 Å². The molecule has 4 rings (SSSR count). The predicted molar refractivity (Wildman–Crippen MR) is 124 cm³/mol. The smallest absolute Gasteiger partial charge is 0.265 e. The van der Waals surface area contributed by atoms with E-state index in [4.69, 9.17) is 11.6 Å². The summed E-state index contributed by atoms with van der Waals surface area (Å²) in [5.74, 6) is -0.581. The lowest BCUT2D eigenvalue weighted by molar-refractivity contribution is -0.131. The molecular weight excluding hydrogens is 454 g/mol. The van der Waals surface area contributed by atoms with Gasteiger partial charge in [0.2, 0.25) is 5.91 Å². The normalized spacial score (nSPS) is 12.9. The van der Waals surface area contributed by atoms with Crippen molar-refractivity contribution in [1.29, 1.82) is 0 Å². The van der Waals surface area contributed by atoms with E-state index in [1.165, 1.54) is 27.8 Å². The van der Waals surface area contributed by atoms with Crippen LogP contribution >= 0.6 is 34.3 Å². The molecule has 2 aromatic heterocycles. The third-order valence-corrected chi connectivity index (χ3v) is 7.23. The summed E-state index contributed by atoms with van der Waals surface area (Å²) in [7, 11) is 0. The van der Waals surface area contributed by atoms with Gasteiger partial charge in [-0.3, -0.25) is 14.4 Å². The van der Waals surface area contributed by atoms with Gasteiger partial charge in [-0.2, -0.15) is 0 Å². The van der Waals surface area contributed by atoms with Crippen LogP contribution in [0, 0.1) is 0 Å². The standard InChI is InChI=1S/C22H20ClN3O3S2/c23-16-4-3-14(12-17(16)25-22(29)19-2-1-10-30-19)21(28)24-8-5-20(27)26-9-6-18-15(13-26)7-11-31-18/h1-4,7,10-12H,5-6,8-9,13H2,(H,24,28)(H,25,29). The zero-order valence-corrected chi connectivity index (χ0v) is 18.9. The lowest BCUT2D eigenvalue weighted by Crippen LogP contribution is -2.37. The van der Waals surface area contributed by atoms with Gasteiger partial charge in [-0.25, -0.2) is 0 Å². The molecule has 6 nitrogen and oxygen atoms in total. The molecule has 0 atom stereocenters. The Morgan fingerprint density at radius 3 is 2.74 bits per heavy atom. The van der Waals surface area contributed by atoms with Gasteiger partial charge >= 0.3 is 0 Å². The van der Waals surface area contributed by atoms with Crippen LogP contribution in [0.5, 0.6) is 0 Å². The number of nitrogens with one attached hydrogen (secondary N) is 2. The molecule has 0 fully saturated rings. The van der Waals surface area contributed by atoms with E-state index in [9.17, 15) is 14.4 Å². The molecule has 3 heterocycles. The SMILES string of the molecule is O=C(NCCC(=O)N1CCc2sccc2C1)c1ccc(Cl)c(NC(=O)c2cccs2)c1. The minimum atomic E-state index is -0.324. The van der Waals surface area contributed by atoms with Gasteiger partial charge in [-0.05, 0) is 53.1 Å². The van der Waals surface area contributed by atoms with Crippen molar-refractivity contribution in [2.24, 2.45) is 0 Å². The zero-order chi connectivity index (χ0) is 21.8. The fraction of sp³-hybridized carbons (Fsp3) is 0.227. The molecule has 1 aromatic carbocycles. The number of fused-ring (bicyclic) bond motifs is 1. The van der Waals surface area contributed by atoms with Crippen LogP contribution in [0.2, 0.25) is 5.02 Å². The van der Waals surface area contributed by atoms with E-state index in [0.717, 1.165) is 6.42 Å². The number of carbonyl (C=O) groups excluding carboxylic acids is 3. The van der Waals surface area contributed by atoms with Crippen LogP contribution in [-0.2, 0) is 17.8 Å². The number of rotatable bonds is 6. The van der Waals surface area contributed by atoms with Gasteiger partial charge in [0, 0.05) is 36.5 Å². The maximum atomic E-state index is 12.5. The number of halogens is 1. The van der Waals surface area contributed by atoms with E-state index >= 15 is 0 Å². The minimum absolute atomic E-state index is 0.0251. The van der Waals surface area contributed by atoms with E-state index in [1.807, 2.05) is 10.3 Å². The highest BCUT2D eigenvalue weighted by Crippen LogP contribution is 2.25. The Kier molecular flexibility index (Phi) is 6.70. The number of carbonyl (C=O) groups is 3. The molecule has 1 aliphatic heterocycles. The van der Waals surface area contributed by atoms with Crippen LogP contribution in [-0.4, -0.2) is 35.7 Å². The fourth-order valence-corrected chi connectivity index (χ4v) is 5.03. The molecule has 3 amide bonds. The molecule has 31 heavy (non-hydrogen) atoms. The fourth-order valence-electron chi connectivity index (χ4n) is 3.36. The van der Waals surface area contributed by atoms with Crippen LogP contribution < -0.4 is 10.6 Å². The summed E-state index contributed by atoms with van der Waals surface area (Å²) in [5.41, 5.74) is 1.94. The second-order valence-electron chi connectivity index (χ2n) is 7.07. The predicted octanol–water partition coefficient (Wildman–Crippen LogP) is 4.42. The lowest BCUT2D eigenvalue weighted by Gasteiger charge is -2.27. The first-order valence-electron chi connectivity index (χ1n) is 9.77. The topological polar surface area (TPSA) is 78.5 Å². The van der Waals surface area contributed by atoms with Gasteiger partial charge < -0.3 is 15.5 Å². The number of anilines is 1. The van der Waals surface area contributed by atoms with E-state index < -0.39 is 0 Å². The van der Waals surface area contributed by atoms with Crippen LogP contribution in [0.1, 0.15) is 36.9 Å². The molecule has 0 saturated heterocycles. The third kappa shape index (κ3) is 5.15. The minimum Gasteiger partial charge on any atom is -0.352 e. The first-order chi connectivity index (χ1) is 15.0. The lowest BCUT2D eigenvalue weighted by atomic mass is 10.1. The summed E-state index contributed by atoms with van der Waals surface area (Å²) in [5, 5.41) is 9.71. The molecule has 0 spiro atoms. The van der Waals surface area contributed by atoms with Crippen molar-refractivity contribution in [3.63, 3.8) is 0 Å². The third-order valence-electron chi connectivity index (χ3n) is 5.01. The summed E-state index contributed by atoms with van der Waals surface area (Å²) >= 11 is 9.23. The Morgan fingerprint density at radius 2 is 1.94 bits per heavy atom. The van der Waals surface area contributed by atoms with Crippen LogP contribution in [0.4, 0.5) is 5.69 Å². The molecule has 1 aliphatic rings. The highest BCUT2D eigenvalue weighted by atomic mass is 35.5. The molecule has 2 N–H and O–H groups in total. The Labute approximate surface area is 192 Å². The summed E-state index contributed by atoms with van der Waals surface area (Å²) < 4.78 is 0. The summed E-state index contributed by atoms with van der Waals surface area (Å²) in [4.78, 5) is 41.0. The van der Waals surface area contributed by atoms with E-state index in [2.05, 4.69) is 22.1 Å². The molecule has 0 saturated carbocycles.